The van der Waals surface area contributed by atoms with E-state index in [1.165, 1.54) is 6.07 Å². The summed E-state index contributed by atoms with van der Waals surface area (Å²) in [5.41, 5.74) is 2.84. The first-order valence-corrected chi connectivity index (χ1v) is 10.0. The zero-order chi connectivity index (χ0) is 22.3. The Morgan fingerprint density at radius 2 is 1.71 bits per heavy atom. The molecule has 4 nitrogen and oxygen atoms in total. The van der Waals surface area contributed by atoms with Crippen molar-refractivity contribution in [3.63, 3.8) is 0 Å². The number of halogens is 2. The van der Waals surface area contributed by atoms with Gasteiger partial charge in [0.25, 0.3) is 5.91 Å². The lowest BCUT2D eigenvalue weighted by Gasteiger charge is -2.36. The lowest BCUT2D eigenvalue weighted by molar-refractivity contribution is 0.0110. The fourth-order valence-corrected chi connectivity index (χ4v) is 3.96. The summed E-state index contributed by atoms with van der Waals surface area (Å²) in [6.07, 6.45) is -0.0571. The summed E-state index contributed by atoms with van der Waals surface area (Å²) in [5.74, 6) is -1.99. The van der Waals surface area contributed by atoms with Gasteiger partial charge in [-0.1, -0.05) is 30.3 Å². The number of carbonyl (C=O) groups is 1. The van der Waals surface area contributed by atoms with Crippen molar-refractivity contribution >= 4 is 11.6 Å². The zero-order valence-electron chi connectivity index (χ0n) is 17.5. The van der Waals surface area contributed by atoms with Crippen molar-refractivity contribution in [1.29, 1.82) is 0 Å². The molecule has 0 radical (unpaired) electrons. The predicted octanol–water partition coefficient (Wildman–Crippen LogP) is 5.79. The van der Waals surface area contributed by atoms with Gasteiger partial charge in [0.05, 0.1) is 6.10 Å². The highest BCUT2D eigenvalue weighted by atomic mass is 19.1. The number of amides is 1. The molecule has 1 atom stereocenters. The minimum Gasteiger partial charge on any atom is -0.487 e. The number of rotatable bonds is 3. The van der Waals surface area contributed by atoms with Gasteiger partial charge < -0.3 is 15.2 Å². The number of anilines is 1. The molecule has 0 saturated heterocycles. The van der Waals surface area contributed by atoms with Crippen LogP contribution >= 0.6 is 0 Å². The summed E-state index contributed by atoms with van der Waals surface area (Å²) in [6.45, 7) is 5.83. The van der Waals surface area contributed by atoms with Crippen LogP contribution in [0.4, 0.5) is 14.5 Å². The van der Waals surface area contributed by atoms with E-state index in [2.05, 4.69) is 5.32 Å². The number of benzene rings is 3. The van der Waals surface area contributed by atoms with E-state index < -0.39 is 34.8 Å². The Bertz CT molecular complexity index is 1140. The fraction of sp³-hybridized carbons (Fsp3) is 0.240. The van der Waals surface area contributed by atoms with E-state index in [0.717, 1.165) is 34.4 Å². The van der Waals surface area contributed by atoms with E-state index in [1.807, 2.05) is 45.0 Å². The van der Waals surface area contributed by atoms with Gasteiger partial charge in [0, 0.05) is 17.7 Å². The monoisotopic (exact) mass is 423 g/mol. The van der Waals surface area contributed by atoms with Crippen molar-refractivity contribution in [2.24, 2.45) is 0 Å². The summed E-state index contributed by atoms with van der Waals surface area (Å²) in [6, 6.07) is 14.1. The number of aliphatic hydroxyl groups is 1. The van der Waals surface area contributed by atoms with Crippen LogP contribution < -0.4 is 10.1 Å². The number of hydrogen-bond donors (Lipinski definition) is 2. The Hall–Kier alpha value is -3.25. The van der Waals surface area contributed by atoms with Crippen molar-refractivity contribution in [2.75, 3.05) is 5.32 Å². The van der Waals surface area contributed by atoms with Gasteiger partial charge in [-0.05, 0) is 61.7 Å². The normalized spacial score (nSPS) is 16.9. The summed E-state index contributed by atoms with van der Waals surface area (Å²) in [7, 11) is 0. The van der Waals surface area contributed by atoms with E-state index in [4.69, 9.17) is 4.74 Å². The Labute approximate surface area is 179 Å². The molecule has 6 heteroatoms. The number of ether oxygens (including phenoxy) is 1. The van der Waals surface area contributed by atoms with Crippen LogP contribution in [0.5, 0.6) is 5.75 Å². The maximum Gasteiger partial charge on any atom is 0.261 e. The second-order valence-electron chi connectivity index (χ2n) is 8.37. The van der Waals surface area contributed by atoms with Gasteiger partial charge in [-0.15, -0.1) is 0 Å². The Balaban J connectivity index is 1.60. The minimum atomic E-state index is -0.913. The molecule has 0 bridgehead atoms. The molecule has 1 aliphatic heterocycles. The summed E-state index contributed by atoms with van der Waals surface area (Å²) in [4.78, 5) is 12.3. The molecule has 3 aromatic rings. The quantitative estimate of drug-likeness (QED) is 0.561. The average Bonchev–Trinajstić information content (AvgIpc) is 2.69. The maximum atomic E-state index is 13.8. The van der Waals surface area contributed by atoms with Crippen molar-refractivity contribution in [2.45, 2.75) is 38.9 Å². The fourth-order valence-electron chi connectivity index (χ4n) is 3.96. The highest BCUT2D eigenvalue weighted by Crippen LogP contribution is 2.44. The number of hydrogen-bond acceptors (Lipinski definition) is 3. The van der Waals surface area contributed by atoms with Crippen LogP contribution in [0.25, 0.3) is 11.1 Å². The topological polar surface area (TPSA) is 58.6 Å². The van der Waals surface area contributed by atoms with Crippen molar-refractivity contribution in [3.8, 4) is 16.9 Å². The SMILES string of the molecule is Cc1c(-c2ccc(NC(=O)c3c(F)cccc3F)cc2)ccc2c1OC(C)(C)CC2O. The molecule has 0 fully saturated rings. The van der Waals surface area contributed by atoms with E-state index in [-0.39, 0.29) is 0 Å². The van der Waals surface area contributed by atoms with E-state index >= 15 is 0 Å². The smallest absolute Gasteiger partial charge is 0.261 e. The van der Waals surface area contributed by atoms with Gasteiger partial charge in [-0.3, -0.25) is 4.79 Å². The number of nitrogens with one attached hydrogen (secondary N) is 1. The third kappa shape index (κ3) is 4.03. The molecule has 0 spiro atoms. The second kappa shape index (κ2) is 7.78. The molecule has 2 N–H and O–H groups in total. The molecule has 3 aromatic carbocycles. The summed E-state index contributed by atoms with van der Waals surface area (Å²) in [5, 5.41) is 13.0. The van der Waals surface area contributed by atoms with Gasteiger partial charge in [0.1, 0.15) is 28.5 Å². The highest BCUT2D eigenvalue weighted by molar-refractivity contribution is 6.04. The zero-order valence-corrected chi connectivity index (χ0v) is 17.5. The molecule has 4 rings (SSSR count). The molecule has 160 valence electrons. The standard InChI is InChI=1S/C25H23F2NO3/c1-14-17(11-12-18-21(29)13-25(2,3)31-23(14)18)15-7-9-16(10-8-15)28-24(30)22-19(26)5-4-6-20(22)27/h4-12,21,29H,13H2,1-3H3,(H,28,30). The van der Waals surface area contributed by atoms with Gasteiger partial charge in [-0.25, -0.2) is 8.78 Å². The van der Waals surface area contributed by atoms with E-state index in [1.54, 1.807) is 12.1 Å². The summed E-state index contributed by atoms with van der Waals surface area (Å²) < 4.78 is 33.8. The van der Waals surface area contributed by atoms with Gasteiger partial charge >= 0.3 is 0 Å². The Morgan fingerprint density at radius 1 is 1.06 bits per heavy atom. The third-order valence-electron chi connectivity index (χ3n) is 5.50. The molecule has 1 aliphatic rings. The lowest BCUT2D eigenvalue weighted by atomic mass is 9.88. The largest absolute Gasteiger partial charge is 0.487 e. The van der Waals surface area contributed by atoms with Gasteiger partial charge in [0.15, 0.2) is 0 Å². The van der Waals surface area contributed by atoms with Crippen LogP contribution in [0.3, 0.4) is 0 Å². The van der Waals surface area contributed by atoms with Crippen LogP contribution in [0.2, 0.25) is 0 Å². The predicted molar refractivity (Wildman–Crippen MR) is 115 cm³/mol. The van der Waals surface area contributed by atoms with Gasteiger partial charge in [0.2, 0.25) is 0 Å². The van der Waals surface area contributed by atoms with Crippen molar-refractivity contribution < 1.29 is 23.4 Å². The number of aliphatic hydroxyl groups excluding tert-OH is 1. The molecule has 0 aromatic heterocycles. The van der Waals surface area contributed by atoms with Crippen LogP contribution in [0, 0.1) is 18.6 Å². The number of fused-ring (bicyclic) bond motifs is 1. The Kier molecular flexibility index (Phi) is 5.27. The molecule has 0 aliphatic carbocycles. The Morgan fingerprint density at radius 3 is 2.35 bits per heavy atom. The van der Waals surface area contributed by atoms with Crippen molar-refractivity contribution in [3.05, 3.63) is 82.9 Å². The van der Waals surface area contributed by atoms with Crippen LogP contribution in [0.15, 0.2) is 54.6 Å². The first kappa shape index (κ1) is 21.0. The van der Waals surface area contributed by atoms with Gasteiger partial charge in [-0.2, -0.15) is 0 Å². The molecule has 1 amide bonds. The first-order chi connectivity index (χ1) is 14.7. The van der Waals surface area contributed by atoms with Crippen molar-refractivity contribution in [1.82, 2.24) is 0 Å². The molecule has 31 heavy (non-hydrogen) atoms. The number of carbonyl (C=O) groups excluding carboxylic acids is 1. The molecule has 1 heterocycles. The second-order valence-corrected chi connectivity index (χ2v) is 8.37. The van der Waals surface area contributed by atoms with E-state index in [9.17, 15) is 18.7 Å². The summed E-state index contributed by atoms with van der Waals surface area (Å²) >= 11 is 0. The highest BCUT2D eigenvalue weighted by Gasteiger charge is 2.34. The molecule has 1 unspecified atom stereocenters. The first-order valence-electron chi connectivity index (χ1n) is 10.0. The molecular weight excluding hydrogens is 400 g/mol. The average molecular weight is 423 g/mol. The molecule has 0 saturated carbocycles. The maximum absolute atomic E-state index is 13.8. The van der Waals surface area contributed by atoms with Crippen LogP contribution in [-0.2, 0) is 0 Å². The van der Waals surface area contributed by atoms with Crippen LogP contribution in [-0.4, -0.2) is 16.6 Å². The van der Waals surface area contributed by atoms with E-state index in [0.29, 0.717) is 17.9 Å². The van der Waals surface area contributed by atoms with Crippen LogP contribution in [0.1, 0.15) is 47.9 Å². The molecular formula is C25H23F2NO3. The lowest BCUT2D eigenvalue weighted by Crippen LogP contribution is -2.35. The third-order valence-corrected chi connectivity index (χ3v) is 5.50. The minimum absolute atomic E-state index is 0.417.